The van der Waals surface area contributed by atoms with Gasteiger partial charge in [0.2, 0.25) is 5.91 Å². The fourth-order valence-electron chi connectivity index (χ4n) is 1.59. The van der Waals surface area contributed by atoms with E-state index in [9.17, 15) is 23.3 Å². The predicted molar refractivity (Wildman–Crippen MR) is 81.4 cm³/mol. The van der Waals surface area contributed by atoms with Crippen LogP contribution in [0, 0.1) is 10.1 Å². The van der Waals surface area contributed by atoms with Crippen molar-refractivity contribution in [2.45, 2.75) is 17.9 Å². The van der Waals surface area contributed by atoms with Crippen molar-refractivity contribution in [3.63, 3.8) is 0 Å². The van der Waals surface area contributed by atoms with E-state index >= 15 is 0 Å². The van der Waals surface area contributed by atoms with Crippen LogP contribution in [0.15, 0.2) is 23.1 Å². The monoisotopic (exact) mass is 330 g/mol. The van der Waals surface area contributed by atoms with Crippen molar-refractivity contribution in [1.29, 1.82) is 0 Å². The van der Waals surface area contributed by atoms with E-state index in [0.717, 1.165) is 12.3 Å². The van der Waals surface area contributed by atoms with Crippen LogP contribution in [0.4, 0.5) is 11.4 Å². The minimum atomic E-state index is -3.52. The van der Waals surface area contributed by atoms with E-state index in [-0.39, 0.29) is 35.3 Å². The molecule has 0 bridgehead atoms. The summed E-state index contributed by atoms with van der Waals surface area (Å²) in [6.45, 7) is 2.00. The van der Waals surface area contributed by atoms with Crippen molar-refractivity contribution in [1.82, 2.24) is 5.32 Å². The molecule has 0 radical (unpaired) electrons. The van der Waals surface area contributed by atoms with Crippen molar-refractivity contribution in [3.05, 3.63) is 28.3 Å². The average molecular weight is 330 g/mol. The fourth-order valence-corrected chi connectivity index (χ4v) is 2.23. The quantitative estimate of drug-likeness (QED) is 0.359. The number of amides is 1. The van der Waals surface area contributed by atoms with Gasteiger partial charge in [0.25, 0.3) is 5.69 Å². The summed E-state index contributed by atoms with van der Waals surface area (Å²) in [4.78, 5) is 21.5. The highest BCUT2D eigenvalue weighted by molar-refractivity contribution is 7.90. The van der Waals surface area contributed by atoms with Gasteiger partial charge in [-0.2, -0.15) is 0 Å². The summed E-state index contributed by atoms with van der Waals surface area (Å²) in [5.41, 5.74) is 5.20. The van der Waals surface area contributed by atoms with E-state index < -0.39 is 20.8 Å². The number of hydrogen-bond acceptors (Lipinski definition) is 7. The molecular weight excluding hydrogens is 312 g/mol. The molecule has 0 aromatic heterocycles. The predicted octanol–water partition coefficient (Wildman–Crippen LogP) is -0.126. The third-order valence-corrected chi connectivity index (χ3v) is 3.86. The first-order chi connectivity index (χ1) is 10.1. The zero-order valence-corrected chi connectivity index (χ0v) is 13.0. The molecule has 1 aromatic rings. The average Bonchev–Trinajstić information content (AvgIpc) is 2.41. The van der Waals surface area contributed by atoms with E-state index in [1.165, 1.54) is 19.1 Å². The highest BCUT2D eigenvalue weighted by atomic mass is 32.2. The number of nitrogens with two attached hydrogens (primary N) is 1. The molecule has 4 N–H and O–H groups in total. The van der Waals surface area contributed by atoms with Crippen molar-refractivity contribution in [3.8, 4) is 0 Å². The summed E-state index contributed by atoms with van der Waals surface area (Å²) in [7, 11) is -3.52. The van der Waals surface area contributed by atoms with Crippen LogP contribution in [-0.2, 0) is 14.6 Å². The van der Waals surface area contributed by atoms with Crippen LogP contribution < -0.4 is 16.4 Å². The number of sulfone groups is 1. The number of anilines is 1. The standard InChI is InChI=1S/C12H18N4O5S/c1-8(13)12(17)15-6-5-14-10-4-3-9(22(2,20)21)7-11(10)16(18)19/h3-4,7-8,14H,5-6,13H2,1-2H3,(H,15,17)/t8-/m1/s1. The second-order valence-corrected chi connectivity index (χ2v) is 6.73. The second kappa shape index (κ2) is 7.18. The Morgan fingerprint density at radius 2 is 2.05 bits per heavy atom. The number of benzene rings is 1. The Morgan fingerprint density at radius 3 is 2.55 bits per heavy atom. The van der Waals surface area contributed by atoms with Crippen LogP contribution in [0.1, 0.15) is 6.92 Å². The molecule has 122 valence electrons. The van der Waals surface area contributed by atoms with Crippen molar-refractivity contribution in [2.75, 3.05) is 24.7 Å². The zero-order chi connectivity index (χ0) is 16.9. The number of carbonyl (C=O) groups excluding carboxylic acids is 1. The Hall–Kier alpha value is -2.20. The highest BCUT2D eigenvalue weighted by Crippen LogP contribution is 2.27. The van der Waals surface area contributed by atoms with Gasteiger partial charge >= 0.3 is 0 Å². The summed E-state index contributed by atoms with van der Waals surface area (Å²) in [6, 6.07) is 2.97. The number of nitro groups is 1. The minimum Gasteiger partial charge on any atom is -0.378 e. The van der Waals surface area contributed by atoms with Crippen molar-refractivity contribution >= 4 is 27.1 Å². The van der Waals surface area contributed by atoms with E-state index in [1.54, 1.807) is 0 Å². The Kier molecular flexibility index (Phi) is 5.83. The molecule has 0 unspecified atom stereocenters. The zero-order valence-electron chi connectivity index (χ0n) is 12.2. The normalized spacial score (nSPS) is 12.5. The summed E-state index contributed by atoms with van der Waals surface area (Å²) < 4.78 is 22.8. The lowest BCUT2D eigenvalue weighted by molar-refractivity contribution is -0.384. The van der Waals surface area contributed by atoms with Crippen LogP contribution in [0.5, 0.6) is 0 Å². The molecule has 1 amide bonds. The van der Waals surface area contributed by atoms with Crippen LogP contribution in [-0.4, -0.2) is 44.6 Å². The summed E-state index contributed by atoms with van der Waals surface area (Å²) in [6.07, 6.45) is 0.975. The molecule has 1 rings (SSSR count). The van der Waals surface area contributed by atoms with Crippen LogP contribution in [0.3, 0.4) is 0 Å². The van der Waals surface area contributed by atoms with Gasteiger partial charge in [-0.1, -0.05) is 0 Å². The van der Waals surface area contributed by atoms with E-state index in [0.29, 0.717) is 0 Å². The number of hydrogen-bond donors (Lipinski definition) is 3. The van der Waals surface area contributed by atoms with Gasteiger partial charge in [-0.25, -0.2) is 8.42 Å². The van der Waals surface area contributed by atoms with Crippen LogP contribution >= 0.6 is 0 Å². The topological polar surface area (TPSA) is 144 Å². The molecule has 10 heteroatoms. The first-order valence-electron chi connectivity index (χ1n) is 6.38. The number of rotatable bonds is 7. The van der Waals surface area contributed by atoms with Gasteiger partial charge in [0.1, 0.15) is 5.69 Å². The SMILES string of the molecule is C[C@@H](N)C(=O)NCCNc1ccc(S(C)(=O)=O)cc1[N+](=O)[O-]. The second-order valence-electron chi connectivity index (χ2n) is 4.71. The largest absolute Gasteiger partial charge is 0.378 e. The van der Waals surface area contributed by atoms with Crippen LogP contribution in [0.2, 0.25) is 0 Å². The molecule has 0 aliphatic heterocycles. The van der Waals surface area contributed by atoms with Crippen molar-refractivity contribution in [2.24, 2.45) is 5.73 Å². The van der Waals surface area contributed by atoms with Gasteiger partial charge < -0.3 is 16.4 Å². The third-order valence-electron chi connectivity index (χ3n) is 2.75. The summed E-state index contributed by atoms with van der Waals surface area (Å²) >= 11 is 0. The van der Waals surface area contributed by atoms with Crippen molar-refractivity contribution < 1.29 is 18.1 Å². The van der Waals surface area contributed by atoms with Gasteiger partial charge in [0.05, 0.1) is 15.9 Å². The third kappa shape index (κ3) is 4.97. The molecule has 1 aromatic carbocycles. The number of nitrogens with one attached hydrogen (secondary N) is 2. The molecule has 0 aliphatic carbocycles. The molecule has 0 aliphatic rings. The lowest BCUT2D eigenvalue weighted by atomic mass is 10.2. The highest BCUT2D eigenvalue weighted by Gasteiger charge is 2.18. The van der Waals surface area contributed by atoms with Gasteiger partial charge in [0.15, 0.2) is 9.84 Å². The smallest absolute Gasteiger partial charge is 0.293 e. The lowest BCUT2D eigenvalue weighted by Gasteiger charge is -2.10. The van der Waals surface area contributed by atoms with Gasteiger partial charge in [0, 0.05) is 25.4 Å². The number of nitrogens with zero attached hydrogens (tertiary/aromatic N) is 1. The Morgan fingerprint density at radius 1 is 1.41 bits per heavy atom. The molecule has 22 heavy (non-hydrogen) atoms. The molecule has 1 atom stereocenters. The maximum absolute atomic E-state index is 11.4. The molecule has 0 saturated carbocycles. The summed E-state index contributed by atoms with van der Waals surface area (Å²) in [5.74, 6) is -0.330. The number of nitro benzene ring substituents is 1. The molecular formula is C12H18N4O5S. The fraction of sp³-hybridized carbons (Fsp3) is 0.417. The maximum Gasteiger partial charge on any atom is 0.293 e. The molecule has 9 nitrogen and oxygen atoms in total. The molecule has 0 fully saturated rings. The van der Waals surface area contributed by atoms with Gasteiger partial charge in [-0.3, -0.25) is 14.9 Å². The van der Waals surface area contributed by atoms with Gasteiger partial charge in [-0.05, 0) is 19.1 Å². The number of carbonyl (C=O) groups is 1. The molecule has 0 saturated heterocycles. The van der Waals surface area contributed by atoms with Gasteiger partial charge in [-0.15, -0.1) is 0 Å². The van der Waals surface area contributed by atoms with Crippen LogP contribution in [0.25, 0.3) is 0 Å². The lowest BCUT2D eigenvalue weighted by Crippen LogP contribution is -2.40. The Balaban J connectivity index is 2.79. The maximum atomic E-state index is 11.4. The Labute approximate surface area is 128 Å². The van der Waals surface area contributed by atoms with E-state index in [1.807, 2.05) is 0 Å². The van der Waals surface area contributed by atoms with E-state index in [4.69, 9.17) is 5.73 Å². The first kappa shape index (κ1) is 17.9. The molecule has 0 heterocycles. The van der Waals surface area contributed by atoms with E-state index in [2.05, 4.69) is 10.6 Å². The Bertz CT molecular complexity index is 672. The summed E-state index contributed by atoms with van der Waals surface area (Å²) in [5, 5.41) is 16.3. The minimum absolute atomic E-state index is 0.130. The molecule has 0 spiro atoms. The first-order valence-corrected chi connectivity index (χ1v) is 8.27.